The lowest BCUT2D eigenvalue weighted by molar-refractivity contribution is 0.0726. The number of fused-ring (bicyclic) bond motifs is 3. The van der Waals surface area contributed by atoms with Crippen molar-refractivity contribution in [2.45, 2.75) is 57.2 Å². The topological polar surface area (TPSA) is 110 Å². The smallest absolute Gasteiger partial charge is 0.323 e. The van der Waals surface area contributed by atoms with Crippen LogP contribution in [0.25, 0.3) is 11.0 Å². The molecule has 222 valence electrons. The Bertz CT molecular complexity index is 1750. The van der Waals surface area contributed by atoms with E-state index in [-0.39, 0.29) is 34.7 Å². The van der Waals surface area contributed by atoms with E-state index >= 15 is 0 Å². The van der Waals surface area contributed by atoms with Crippen LogP contribution in [-0.2, 0) is 6.54 Å². The first-order valence-corrected chi connectivity index (χ1v) is 15.2. The number of hydrogen-bond acceptors (Lipinski definition) is 7. The second kappa shape index (κ2) is 10.2. The van der Waals surface area contributed by atoms with Gasteiger partial charge in [-0.3, -0.25) is 9.69 Å². The maximum absolute atomic E-state index is 14.4. The Balaban J connectivity index is 0.987. The zero-order valence-electron chi connectivity index (χ0n) is 23.9. The fourth-order valence-corrected chi connectivity index (χ4v) is 7.93. The molecule has 4 saturated heterocycles. The number of benzene rings is 2. The second-order valence-electron chi connectivity index (χ2n) is 12.7. The Morgan fingerprint density at radius 1 is 0.977 bits per heavy atom. The van der Waals surface area contributed by atoms with E-state index in [0.29, 0.717) is 17.3 Å². The second-order valence-corrected chi connectivity index (χ2v) is 12.7. The number of amides is 1. The van der Waals surface area contributed by atoms with E-state index in [1.807, 2.05) is 17.0 Å². The molecule has 8 rings (SSSR count). The van der Waals surface area contributed by atoms with Gasteiger partial charge in [0.1, 0.15) is 17.9 Å². The molecule has 10 nitrogen and oxygen atoms in total. The van der Waals surface area contributed by atoms with Crippen molar-refractivity contribution in [2.24, 2.45) is 5.41 Å². The van der Waals surface area contributed by atoms with Crippen LogP contribution in [0.2, 0.25) is 0 Å². The number of nitrogens with one attached hydrogen (secondary N) is 2. The number of aromatic amines is 2. The monoisotopic (exact) mass is 583 g/mol. The molecule has 11 heteroatoms. The van der Waals surface area contributed by atoms with Gasteiger partial charge in [0.05, 0.1) is 22.8 Å². The highest BCUT2D eigenvalue weighted by Gasteiger charge is 2.45. The molecule has 4 aliphatic heterocycles. The Kier molecular flexibility index (Phi) is 6.25. The summed E-state index contributed by atoms with van der Waals surface area (Å²) in [5, 5.41) is 0. The molecule has 1 amide bonds. The lowest BCUT2D eigenvalue weighted by atomic mass is 9.86. The van der Waals surface area contributed by atoms with E-state index in [1.54, 1.807) is 6.20 Å². The number of ether oxygens (including phenoxy) is 1. The van der Waals surface area contributed by atoms with Gasteiger partial charge >= 0.3 is 5.69 Å². The van der Waals surface area contributed by atoms with Crippen LogP contribution >= 0.6 is 0 Å². The third-order valence-corrected chi connectivity index (χ3v) is 9.98. The summed E-state index contributed by atoms with van der Waals surface area (Å²) in [5.41, 5.74) is 3.03. The first-order valence-electron chi connectivity index (χ1n) is 15.2. The predicted molar refractivity (Wildman–Crippen MR) is 159 cm³/mol. The number of nitrogens with zero attached hydrogens (tertiary/aromatic N) is 5. The summed E-state index contributed by atoms with van der Waals surface area (Å²) in [5.74, 6) is 0.867. The number of anilines is 1. The molecular formula is C32H34FN7O3. The maximum atomic E-state index is 14.4. The van der Waals surface area contributed by atoms with E-state index in [2.05, 4.69) is 35.8 Å². The van der Waals surface area contributed by atoms with Crippen molar-refractivity contribution < 1.29 is 13.9 Å². The molecule has 0 saturated carbocycles. The lowest BCUT2D eigenvalue weighted by Crippen LogP contribution is -2.35. The number of carbonyl (C=O) groups excluding carboxylic acids is 1. The van der Waals surface area contributed by atoms with E-state index in [9.17, 15) is 14.0 Å². The number of aromatic nitrogens is 4. The molecule has 2 bridgehead atoms. The zero-order valence-corrected chi connectivity index (χ0v) is 23.9. The van der Waals surface area contributed by atoms with Crippen molar-refractivity contribution in [3.8, 4) is 11.5 Å². The van der Waals surface area contributed by atoms with E-state index in [1.165, 1.54) is 30.1 Å². The number of halogens is 1. The first kappa shape index (κ1) is 26.4. The minimum atomic E-state index is -0.458. The van der Waals surface area contributed by atoms with Gasteiger partial charge in [-0.05, 0) is 81.0 Å². The summed E-state index contributed by atoms with van der Waals surface area (Å²) in [7, 11) is 0. The third-order valence-electron chi connectivity index (χ3n) is 9.98. The van der Waals surface area contributed by atoms with Crippen molar-refractivity contribution in [1.82, 2.24) is 29.7 Å². The number of hydrogen-bond donors (Lipinski definition) is 2. The Labute approximate surface area is 247 Å². The number of imidazole rings is 1. The van der Waals surface area contributed by atoms with Crippen LogP contribution in [0.3, 0.4) is 0 Å². The van der Waals surface area contributed by atoms with E-state index in [4.69, 9.17) is 4.74 Å². The normalized spacial score (nSPS) is 25.0. The Hall–Kier alpha value is -4.25. The van der Waals surface area contributed by atoms with Gasteiger partial charge in [0.15, 0.2) is 11.6 Å². The van der Waals surface area contributed by atoms with Crippen LogP contribution in [0.4, 0.5) is 10.2 Å². The van der Waals surface area contributed by atoms with E-state index < -0.39 is 5.82 Å². The number of carbonyl (C=O) groups is 1. The van der Waals surface area contributed by atoms with Gasteiger partial charge in [-0.1, -0.05) is 6.07 Å². The average molecular weight is 584 g/mol. The van der Waals surface area contributed by atoms with Crippen molar-refractivity contribution in [2.75, 3.05) is 31.1 Å². The molecule has 1 unspecified atom stereocenters. The molecule has 6 heterocycles. The van der Waals surface area contributed by atoms with Crippen molar-refractivity contribution >= 4 is 22.8 Å². The first-order chi connectivity index (χ1) is 20.9. The van der Waals surface area contributed by atoms with Gasteiger partial charge in [-0.25, -0.2) is 19.2 Å². The molecule has 0 radical (unpaired) electrons. The van der Waals surface area contributed by atoms with Gasteiger partial charge in [-0.2, -0.15) is 0 Å². The van der Waals surface area contributed by atoms with Crippen molar-refractivity contribution in [1.29, 1.82) is 0 Å². The van der Waals surface area contributed by atoms with Gasteiger partial charge in [0, 0.05) is 43.7 Å². The molecule has 4 aliphatic rings. The fourth-order valence-electron chi connectivity index (χ4n) is 7.93. The number of rotatable bonds is 6. The minimum Gasteiger partial charge on any atom is -0.451 e. The molecule has 4 fully saturated rings. The van der Waals surface area contributed by atoms with Crippen molar-refractivity contribution in [3.63, 3.8) is 0 Å². The summed E-state index contributed by atoms with van der Waals surface area (Å²) < 4.78 is 20.7. The highest BCUT2D eigenvalue weighted by Crippen LogP contribution is 2.44. The third kappa shape index (κ3) is 4.75. The average Bonchev–Trinajstić information content (AvgIpc) is 3.84. The van der Waals surface area contributed by atoms with Gasteiger partial charge in [0.25, 0.3) is 5.91 Å². The molecule has 2 aromatic heterocycles. The summed E-state index contributed by atoms with van der Waals surface area (Å²) >= 11 is 0. The summed E-state index contributed by atoms with van der Waals surface area (Å²) in [6.45, 7) is 4.48. The van der Waals surface area contributed by atoms with Gasteiger partial charge < -0.3 is 24.5 Å². The fraction of sp³-hybridized carbons (Fsp3) is 0.438. The molecule has 0 aliphatic carbocycles. The highest BCUT2D eigenvalue weighted by molar-refractivity contribution is 5.98. The van der Waals surface area contributed by atoms with Crippen LogP contribution in [0.1, 0.15) is 54.4 Å². The maximum Gasteiger partial charge on any atom is 0.323 e. The van der Waals surface area contributed by atoms with Crippen molar-refractivity contribution in [3.05, 3.63) is 76.4 Å². The summed E-state index contributed by atoms with van der Waals surface area (Å²) in [6.07, 6.45) is 9.32. The SMILES string of the molecule is O=C(c1cc(F)ccc1Oc1cncnc1N1CCC2(CCN(Cc3ccc4[nH]c(=O)[nH]c4c3)C2)C1)N1C2CCC1CC2. The summed E-state index contributed by atoms with van der Waals surface area (Å²) in [4.78, 5) is 46.4. The van der Waals surface area contributed by atoms with Crippen LogP contribution in [-0.4, -0.2) is 73.9 Å². The highest BCUT2D eigenvalue weighted by atomic mass is 19.1. The molecular weight excluding hydrogens is 549 g/mol. The zero-order chi connectivity index (χ0) is 29.1. The van der Waals surface area contributed by atoms with Crippen LogP contribution in [0, 0.1) is 11.2 Å². The Morgan fingerprint density at radius 2 is 1.77 bits per heavy atom. The predicted octanol–water partition coefficient (Wildman–Crippen LogP) is 4.45. The molecule has 1 atom stereocenters. The van der Waals surface area contributed by atoms with Crippen LogP contribution in [0.5, 0.6) is 11.5 Å². The van der Waals surface area contributed by atoms with Gasteiger partial charge in [0.2, 0.25) is 0 Å². The Morgan fingerprint density at radius 3 is 2.60 bits per heavy atom. The lowest BCUT2D eigenvalue weighted by Gasteiger charge is -2.26. The molecule has 1 spiro atoms. The number of likely N-dealkylation sites (tertiary alicyclic amines) is 1. The summed E-state index contributed by atoms with van der Waals surface area (Å²) in [6, 6.07) is 10.7. The number of H-pyrrole nitrogens is 2. The molecule has 4 aromatic rings. The minimum absolute atomic E-state index is 0.140. The molecule has 2 aromatic carbocycles. The van der Waals surface area contributed by atoms with E-state index in [0.717, 1.165) is 82.3 Å². The molecule has 43 heavy (non-hydrogen) atoms. The molecule has 2 N–H and O–H groups in total. The van der Waals surface area contributed by atoms with Crippen LogP contribution < -0.4 is 15.3 Å². The standard InChI is InChI=1S/C32H34FN7O3/c33-21-2-8-27(24(14-21)30(41)40-22-3-4-23(40)6-5-22)43-28-15-34-19-35-29(28)39-12-10-32(18-39)9-11-38(17-32)16-20-1-7-25-26(13-20)37-31(42)36-25/h1-2,7-8,13-15,19,22-23H,3-6,9-12,16-18H2,(H2,36,37,42). The largest absolute Gasteiger partial charge is 0.451 e. The van der Waals surface area contributed by atoms with Gasteiger partial charge in [-0.15, -0.1) is 0 Å². The van der Waals surface area contributed by atoms with Crippen LogP contribution in [0.15, 0.2) is 53.7 Å². The quantitative estimate of drug-likeness (QED) is 0.345.